The van der Waals surface area contributed by atoms with E-state index in [2.05, 4.69) is 26.8 Å². The van der Waals surface area contributed by atoms with Gasteiger partial charge in [-0.2, -0.15) is 0 Å². The monoisotopic (exact) mass is 357 g/mol. The lowest BCUT2D eigenvalue weighted by atomic mass is 10.00. The highest BCUT2D eigenvalue weighted by Crippen LogP contribution is 2.24. The predicted molar refractivity (Wildman–Crippen MR) is 104 cm³/mol. The van der Waals surface area contributed by atoms with Gasteiger partial charge in [0.15, 0.2) is 0 Å². The molecule has 3 aliphatic rings. The second-order valence-corrected chi connectivity index (χ2v) is 7.80. The molecule has 0 radical (unpaired) electrons. The fourth-order valence-electron chi connectivity index (χ4n) is 4.50. The SMILES string of the molecule is O=C(c1ccc(N2CCCC2)cc1)N1CCCCC1CN1CCOCC1. The minimum atomic E-state index is 0.205. The number of carbonyl (C=O) groups excluding carboxylic acids is 1. The lowest BCUT2D eigenvalue weighted by Crippen LogP contribution is -2.51. The summed E-state index contributed by atoms with van der Waals surface area (Å²) in [6.07, 6.45) is 6.02. The van der Waals surface area contributed by atoms with Gasteiger partial charge in [-0.15, -0.1) is 0 Å². The van der Waals surface area contributed by atoms with Gasteiger partial charge in [0.1, 0.15) is 0 Å². The van der Waals surface area contributed by atoms with Crippen molar-refractivity contribution >= 4 is 11.6 Å². The Morgan fingerprint density at radius 2 is 1.62 bits per heavy atom. The van der Waals surface area contributed by atoms with Gasteiger partial charge in [0.2, 0.25) is 0 Å². The molecule has 5 heteroatoms. The Morgan fingerprint density at radius 1 is 0.923 bits per heavy atom. The van der Waals surface area contributed by atoms with Crippen LogP contribution in [0.1, 0.15) is 42.5 Å². The number of anilines is 1. The van der Waals surface area contributed by atoms with Crippen LogP contribution in [0.15, 0.2) is 24.3 Å². The highest BCUT2D eigenvalue weighted by molar-refractivity contribution is 5.94. The molecule has 3 aliphatic heterocycles. The number of hydrogen-bond donors (Lipinski definition) is 0. The third-order valence-electron chi connectivity index (χ3n) is 6.05. The average molecular weight is 357 g/mol. The first-order valence-corrected chi connectivity index (χ1v) is 10.3. The molecular weight excluding hydrogens is 326 g/mol. The molecule has 1 amide bonds. The minimum absolute atomic E-state index is 0.205. The fraction of sp³-hybridized carbons (Fsp3) is 0.667. The molecule has 3 fully saturated rings. The summed E-state index contributed by atoms with van der Waals surface area (Å²) in [6.45, 7) is 7.77. The van der Waals surface area contributed by atoms with Crippen LogP contribution in [0.3, 0.4) is 0 Å². The number of amides is 1. The average Bonchev–Trinajstić information content (AvgIpc) is 3.24. The van der Waals surface area contributed by atoms with Crippen LogP contribution in [0.2, 0.25) is 0 Å². The molecule has 3 heterocycles. The van der Waals surface area contributed by atoms with Crippen LogP contribution in [0.5, 0.6) is 0 Å². The molecule has 0 aliphatic carbocycles. The van der Waals surface area contributed by atoms with Gasteiger partial charge < -0.3 is 14.5 Å². The van der Waals surface area contributed by atoms with Crippen molar-refractivity contribution in [2.24, 2.45) is 0 Å². The van der Waals surface area contributed by atoms with Crippen molar-refractivity contribution in [3.05, 3.63) is 29.8 Å². The van der Waals surface area contributed by atoms with E-state index < -0.39 is 0 Å². The van der Waals surface area contributed by atoms with E-state index in [1.54, 1.807) is 0 Å². The van der Waals surface area contributed by atoms with Gasteiger partial charge in [-0.25, -0.2) is 0 Å². The highest BCUT2D eigenvalue weighted by Gasteiger charge is 2.29. The Morgan fingerprint density at radius 3 is 2.35 bits per heavy atom. The van der Waals surface area contributed by atoms with E-state index >= 15 is 0 Å². The van der Waals surface area contributed by atoms with Crippen molar-refractivity contribution in [1.29, 1.82) is 0 Å². The van der Waals surface area contributed by atoms with E-state index in [0.717, 1.165) is 70.9 Å². The number of ether oxygens (including phenoxy) is 1. The van der Waals surface area contributed by atoms with E-state index in [9.17, 15) is 4.79 Å². The van der Waals surface area contributed by atoms with Crippen LogP contribution in [-0.4, -0.2) is 74.2 Å². The van der Waals surface area contributed by atoms with Crippen molar-refractivity contribution in [3.8, 4) is 0 Å². The van der Waals surface area contributed by atoms with Gasteiger partial charge in [0.25, 0.3) is 5.91 Å². The van der Waals surface area contributed by atoms with Gasteiger partial charge >= 0.3 is 0 Å². The number of morpholine rings is 1. The third-order valence-corrected chi connectivity index (χ3v) is 6.05. The predicted octanol–water partition coefficient (Wildman–Crippen LogP) is 2.61. The molecular formula is C21H31N3O2. The van der Waals surface area contributed by atoms with Crippen molar-refractivity contribution in [3.63, 3.8) is 0 Å². The van der Waals surface area contributed by atoms with E-state index in [-0.39, 0.29) is 5.91 Å². The Labute approximate surface area is 156 Å². The molecule has 4 rings (SSSR count). The van der Waals surface area contributed by atoms with E-state index in [1.807, 2.05) is 12.1 Å². The van der Waals surface area contributed by atoms with Gasteiger partial charge in [0.05, 0.1) is 13.2 Å². The zero-order valence-electron chi connectivity index (χ0n) is 15.7. The molecule has 5 nitrogen and oxygen atoms in total. The second-order valence-electron chi connectivity index (χ2n) is 7.80. The Bertz CT molecular complexity index is 592. The molecule has 1 aromatic carbocycles. The summed E-state index contributed by atoms with van der Waals surface area (Å²) >= 11 is 0. The van der Waals surface area contributed by atoms with Gasteiger partial charge in [-0.3, -0.25) is 9.69 Å². The molecule has 0 saturated carbocycles. The third kappa shape index (κ3) is 4.04. The van der Waals surface area contributed by atoms with Crippen LogP contribution < -0.4 is 4.90 Å². The summed E-state index contributed by atoms with van der Waals surface area (Å²) in [4.78, 5) is 20.1. The van der Waals surface area contributed by atoms with Crippen LogP contribution in [0.4, 0.5) is 5.69 Å². The zero-order valence-corrected chi connectivity index (χ0v) is 15.7. The maximum Gasteiger partial charge on any atom is 0.254 e. The number of nitrogens with zero attached hydrogens (tertiary/aromatic N) is 3. The second kappa shape index (κ2) is 8.40. The highest BCUT2D eigenvalue weighted by atomic mass is 16.5. The minimum Gasteiger partial charge on any atom is -0.379 e. The first kappa shape index (κ1) is 17.8. The molecule has 0 spiro atoms. The molecule has 0 N–H and O–H groups in total. The number of likely N-dealkylation sites (tertiary alicyclic amines) is 1. The zero-order chi connectivity index (χ0) is 17.8. The molecule has 142 valence electrons. The van der Waals surface area contributed by atoms with Gasteiger partial charge in [0, 0.05) is 56.6 Å². The van der Waals surface area contributed by atoms with Gasteiger partial charge in [-0.05, 0) is 56.4 Å². The van der Waals surface area contributed by atoms with Crippen LogP contribution in [-0.2, 0) is 4.74 Å². The summed E-state index contributed by atoms with van der Waals surface area (Å²) in [5, 5.41) is 0. The summed E-state index contributed by atoms with van der Waals surface area (Å²) < 4.78 is 5.46. The Kier molecular flexibility index (Phi) is 5.75. The molecule has 0 bridgehead atoms. The van der Waals surface area contributed by atoms with Crippen LogP contribution >= 0.6 is 0 Å². The quantitative estimate of drug-likeness (QED) is 0.830. The summed E-state index contributed by atoms with van der Waals surface area (Å²) in [6, 6.07) is 8.64. The molecule has 1 aromatic rings. The van der Waals surface area contributed by atoms with Crippen molar-refractivity contribution in [2.45, 2.75) is 38.1 Å². The van der Waals surface area contributed by atoms with Crippen molar-refractivity contribution < 1.29 is 9.53 Å². The molecule has 26 heavy (non-hydrogen) atoms. The van der Waals surface area contributed by atoms with E-state index in [4.69, 9.17) is 4.74 Å². The lowest BCUT2D eigenvalue weighted by molar-refractivity contribution is 0.0166. The first-order chi connectivity index (χ1) is 12.8. The normalized spacial score (nSPS) is 24.8. The van der Waals surface area contributed by atoms with Crippen LogP contribution in [0.25, 0.3) is 0 Å². The lowest BCUT2D eigenvalue weighted by Gasteiger charge is -2.39. The van der Waals surface area contributed by atoms with Crippen molar-refractivity contribution in [2.75, 3.05) is 57.4 Å². The topological polar surface area (TPSA) is 36.0 Å². The number of carbonyl (C=O) groups is 1. The largest absolute Gasteiger partial charge is 0.379 e. The molecule has 1 atom stereocenters. The van der Waals surface area contributed by atoms with E-state index in [1.165, 1.54) is 24.9 Å². The fourth-order valence-corrected chi connectivity index (χ4v) is 4.50. The maximum atomic E-state index is 13.2. The molecule has 0 aromatic heterocycles. The number of piperidine rings is 1. The maximum absolute atomic E-state index is 13.2. The summed E-state index contributed by atoms with van der Waals surface area (Å²) in [5.74, 6) is 0.205. The first-order valence-electron chi connectivity index (χ1n) is 10.3. The Hall–Kier alpha value is -1.59. The number of hydrogen-bond acceptors (Lipinski definition) is 4. The summed E-state index contributed by atoms with van der Waals surface area (Å²) in [5.41, 5.74) is 2.09. The molecule has 1 unspecified atom stereocenters. The van der Waals surface area contributed by atoms with Crippen LogP contribution in [0, 0.1) is 0 Å². The van der Waals surface area contributed by atoms with E-state index in [0.29, 0.717) is 6.04 Å². The molecule has 3 saturated heterocycles. The summed E-state index contributed by atoms with van der Waals surface area (Å²) in [7, 11) is 0. The smallest absolute Gasteiger partial charge is 0.254 e. The number of benzene rings is 1. The number of rotatable bonds is 4. The van der Waals surface area contributed by atoms with Gasteiger partial charge in [-0.1, -0.05) is 0 Å². The standard InChI is InChI=1S/C21H31N3O2/c25-21(18-6-8-19(9-7-18)23-10-3-4-11-23)24-12-2-1-5-20(24)17-22-13-15-26-16-14-22/h6-9,20H,1-5,10-17H2. The Balaban J connectivity index is 1.42. The van der Waals surface area contributed by atoms with Crippen molar-refractivity contribution in [1.82, 2.24) is 9.80 Å².